The van der Waals surface area contributed by atoms with Crippen LogP contribution in [0.25, 0.3) is 0 Å². The van der Waals surface area contributed by atoms with Crippen molar-refractivity contribution in [1.29, 1.82) is 0 Å². The van der Waals surface area contributed by atoms with E-state index in [0.717, 1.165) is 25.7 Å². The summed E-state index contributed by atoms with van der Waals surface area (Å²) in [5, 5.41) is 10.9. The van der Waals surface area contributed by atoms with Gasteiger partial charge in [-0.1, -0.05) is 60.0 Å². The standard InChI is InChI=1S/C15H19N3O2S3/c1-4-21-14-17-18-15(23-14)22-10(2)13(19)16-9-11-7-5-6-8-12(11)20-3/h5-8,10H,4,9H2,1-3H3,(H,16,19)/t10-/m1/s1. The average Bonchev–Trinajstić information content (AvgIpc) is 3.00. The third-order valence-corrected chi connectivity index (χ3v) is 6.07. The Hall–Kier alpha value is -1.25. The lowest BCUT2D eigenvalue weighted by atomic mass is 10.2. The number of rotatable bonds is 8. The first-order valence-corrected chi connectivity index (χ1v) is 9.84. The van der Waals surface area contributed by atoms with Crippen molar-refractivity contribution in [3.63, 3.8) is 0 Å². The van der Waals surface area contributed by atoms with Crippen LogP contribution in [-0.2, 0) is 11.3 Å². The van der Waals surface area contributed by atoms with Crippen molar-refractivity contribution < 1.29 is 9.53 Å². The second-order valence-electron chi connectivity index (χ2n) is 4.56. The molecule has 1 amide bonds. The summed E-state index contributed by atoms with van der Waals surface area (Å²) in [4.78, 5) is 12.2. The molecule has 0 bridgehead atoms. The third-order valence-electron chi connectivity index (χ3n) is 2.95. The number of ether oxygens (including phenoxy) is 1. The smallest absolute Gasteiger partial charge is 0.233 e. The second kappa shape index (κ2) is 9.14. The molecule has 0 aliphatic heterocycles. The van der Waals surface area contributed by atoms with Crippen LogP contribution in [0.5, 0.6) is 5.75 Å². The van der Waals surface area contributed by atoms with E-state index in [0.29, 0.717) is 6.54 Å². The summed E-state index contributed by atoms with van der Waals surface area (Å²) in [6, 6.07) is 7.66. The topological polar surface area (TPSA) is 64.1 Å². The van der Waals surface area contributed by atoms with Gasteiger partial charge in [0, 0.05) is 12.1 Å². The van der Waals surface area contributed by atoms with Crippen molar-refractivity contribution in [3.05, 3.63) is 29.8 Å². The lowest BCUT2D eigenvalue weighted by Gasteiger charge is -2.12. The van der Waals surface area contributed by atoms with Crippen LogP contribution in [-0.4, -0.2) is 34.2 Å². The Bertz CT molecular complexity index is 648. The molecule has 0 aliphatic carbocycles. The van der Waals surface area contributed by atoms with Crippen LogP contribution in [0.15, 0.2) is 32.9 Å². The van der Waals surface area contributed by atoms with Crippen molar-refractivity contribution in [3.8, 4) is 5.75 Å². The van der Waals surface area contributed by atoms with Gasteiger partial charge in [-0.15, -0.1) is 10.2 Å². The van der Waals surface area contributed by atoms with Crippen LogP contribution >= 0.6 is 34.9 Å². The Balaban J connectivity index is 1.87. The van der Waals surface area contributed by atoms with E-state index in [1.54, 1.807) is 18.9 Å². The van der Waals surface area contributed by atoms with Crippen molar-refractivity contribution in [2.75, 3.05) is 12.9 Å². The fourth-order valence-corrected chi connectivity index (χ4v) is 4.89. The molecule has 0 unspecified atom stereocenters. The van der Waals surface area contributed by atoms with Crippen molar-refractivity contribution in [2.45, 2.75) is 34.3 Å². The Morgan fingerprint density at radius 2 is 2.09 bits per heavy atom. The number of amides is 1. The van der Waals surface area contributed by atoms with E-state index >= 15 is 0 Å². The van der Waals surface area contributed by atoms with E-state index in [1.165, 1.54) is 23.1 Å². The summed E-state index contributed by atoms with van der Waals surface area (Å²) >= 11 is 4.62. The minimum Gasteiger partial charge on any atom is -0.496 e. The van der Waals surface area contributed by atoms with Gasteiger partial charge in [-0.25, -0.2) is 0 Å². The summed E-state index contributed by atoms with van der Waals surface area (Å²) in [5.74, 6) is 1.72. The number of aromatic nitrogens is 2. The second-order valence-corrected chi connectivity index (χ2v) is 8.63. The Kier molecular flexibility index (Phi) is 7.19. The summed E-state index contributed by atoms with van der Waals surface area (Å²) in [6.45, 7) is 4.39. The fourth-order valence-electron chi connectivity index (χ4n) is 1.81. The number of carbonyl (C=O) groups is 1. The van der Waals surface area contributed by atoms with Crippen LogP contribution in [0, 0.1) is 0 Å². The van der Waals surface area contributed by atoms with E-state index in [9.17, 15) is 4.79 Å². The highest BCUT2D eigenvalue weighted by Gasteiger charge is 2.17. The number of nitrogens with zero attached hydrogens (tertiary/aromatic N) is 2. The SMILES string of the molecule is CCSc1nnc(S[C@H](C)C(=O)NCc2ccccc2OC)s1. The van der Waals surface area contributed by atoms with E-state index in [-0.39, 0.29) is 11.2 Å². The highest BCUT2D eigenvalue weighted by atomic mass is 32.2. The fraction of sp³-hybridized carbons (Fsp3) is 0.400. The quantitative estimate of drug-likeness (QED) is 0.719. The minimum absolute atomic E-state index is 0.0270. The Morgan fingerprint density at radius 3 is 2.83 bits per heavy atom. The van der Waals surface area contributed by atoms with Crippen LogP contribution in [0.3, 0.4) is 0 Å². The zero-order valence-electron chi connectivity index (χ0n) is 13.2. The van der Waals surface area contributed by atoms with Gasteiger partial charge in [0.2, 0.25) is 5.91 Å². The lowest BCUT2D eigenvalue weighted by molar-refractivity contribution is -0.120. The molecule has 2 rings (SSSR count). The molecular weight excluding hydrogens is 350 g/mol. The number of carbonyl (C=O) groups excluding carboxylic acids is 1. The molecule has 23 heavy (non-hydrogen) atoms. The summed E-state index contributed by atoms with van der Waals surface area (Å²) in [5.41, 5.74) is 0.957. The van der Waals surface area contributed by atoms with Crippen molar-refractivity contribution in [2.24, 2.45) is 0 Å². The molecule has 0 aliphatic rings. The molecule has 0 saturated heterocycles. The van der Waals surface area contributed by atoms with E-state index < -0.39 is 0 Å². The normalized spacial score (nSPS) is 12.0. The number of thioether (sulfide) groups is 2. The van der Waals surface area contributed by atoms with E-state index in [2.05, 4.69) is 22.4 Å². The summed E-state index contributed by atoms with van der Waals surface area (Å²) < 4.78 is 7.05. The van der Waals surface area contributed by atoms with Crippen LogP contribution in [0.1, 0.15) is 19.4 Å². The molecule has 0 saturated carbocycles. The van der Waals surface area contributed by atoms with Crippen LogP contribution in [0.2, 0.25) is 0 Å². The molecule has 1 N–H and O–H groups in total. The molecule has 1 aromatic heterocycles. The van der Waals surface area contributed by atoms with Crippen LogP contribution in [0.4, 0.5) is 0 Å². The van der Waals surface area contributed by atoms with Crippen LogP contribution < -0.4 is 10.1 Å². The predicted octanol–water partition coefficient (Wildman–Crippen LogP) is 3.46. The first-order valence-electron chi connectivity index (χ1n) is 7.16. The van der Waals surface area contributed by atoms with Gasteiger partial charge in [-0.2, -0.15) is 0 Å². The van der Waals surface area contributed by atoms with Crippen molar-refractivity contribution >= 4 is 40.8 Å². The maximum atomic E-state index is 12.2. The summed E-state index contributed by atoms with van der Waals surface area (Å²) in [6.07, 6.45) is 0. The van der Waals surface area contributed by atoms with Crippen molar-refractivity contribution in [1.82, 2.24) is 15.5 Å². The number of benzene rings is 1. The first-order chi connectivity index (χ1) is 11.1. The zero-order valence-corrected chi connectivity index (χ0v) is 15.7. The number of hydrogen-bond acceptors (Lipinski definition) is 7. The summed E-state index contributed by atoms with van der Waals surface area (Å²) in [7, 11) is 1.63. The Labute approximate surface area is 148 Å². The molecule has 1 aromatic carbocycles. The largest absolute Gasteiger partial charge is 0.496 e. The predicted molar refractivity (Wildman–Crippen MR) is 96.5 cm³/mol. The maximum absolute atomic E-state index is 12.2. The van der Waals surface area contributed by atoms with E-state index in [4.69, 9.17) is 4.74 Å². The molecular formula is C15H19N3O2S3. The van der Waals surface area contributed by atoms with Gasteiger partial charge >= 0.3 is 0 Å². The van der Waals surface area contributed by atoms with Gasteiger partial charge < -0.3 is 10.1 Å². The molecule has 0 spiro atoms. The number of para-hydroxylation sites is 1. The van der Waals surface area contributed by atoms with E-state index in [1.807, 2.05) is 31.2 Å². The monoisotopic (exact) mass is 369 g/mol. The third kappa shape index (κ3) is 5.40. The van der Waals surface area contributed by atoms with Gasteiger partial charge in [0.1, 0.15) is 5.75 Å². The molecule has 8 heteroatoms. The molecule has 5 nitrogen and oxygen atoms in total. The van der Waals surface area contributed by atoms with Gasteiger partial charge in [-0.3, -0.25) is 4.79 Å². The van der Waals surface area contributed by atoms with Gasteiger partial charge in [-0.05, 0) is 18.7 Å². The molecule has 0 radical (unpaired) electrons. The molecule has 124 valence electrons. The first kappa shape index (κ1) is 18.1. The average molecular weight is 370 g/mol. The van der Waals surface area contributed by atoms with Gasteiger partial charge in [0.15, 0.2) is 8.68 Å². The number of nitrogens with one attached hydrogen (secondary N) is 1. The zero-order chi connectivity index (χ0) is 16.7. The highest BCUT2D eigenvalue weighted by Crippen LogP contribution is 2.31. The number of methoxy groups -OCH3 is 1. The highest BCUT2D eigenvalue weighted by molar-refractivity contribution is 8.03. The molecule has 2 aromatic rings. The molecule has 1 heterocycles. The maximum Gasteiger partial charge on any atom is 0.233 e. The molecule has 0 fully saturated rings. The Morgan fingerprint density at radius 1 is 1.35 bits per heavy atom. The number of hydrogen-bond donors (Lipinski definition) is 1. The molecule has 1 atom stereocenters. The minimum atomic E-state index is -0.225. The lowest BCUT2D eigenvalue weighted by Crippen LogP contribution is -2.30. The van der Waals surface area contributed by atoms with Gasteiger partial charge in [0.05, 0.1) is 12.4 Å². The van der Waals surface area contributed by atoms with Gasteiger partial charge in [0.25, 0.3) is 0 Å².